The predicted octanol–water partition coefficient (Wildman–Crippen LogP) is 0.384. The summed E-state index contributed by atoms with van der Waals surface area (Å²) < 4.78 is 0. The van der Waals surface area contributed by atoms with E-state index in [2.05, 4.69) is 15.2 Å². The van der Waals surface area contributed by atoms with Gasteiger partial charge in [0.15, 0.2) is 5.82 Å². The minimum atomic E-state index is -0.407. The molecule has 0 aliphatic carbocycles. The molecule has 0 aromatic carbocycles. The van der Waals surface area contributed by atoms with E-state index in [1.54, 1.807) is 7.05 Å². The van der Waals surface area contributed by atoms with Crippen LogP contribution in [0.25, 0.3) is 0 Å². The number of carbonyl (C=O) groups is 1. The van der Waals surface area contributed by atoms with Crippen LogP contribution in [0.1, 0.15) is 25.0 Å². The molecule has 0 spiro atoms. The zero-order valence-corrected chi connectivity index (χ0v) is 11.0. The molecule has 0 saturated carbocycles. The Labute approximate surface area is 106 Å². The third-order valence-corrected chi connectivity index (χ3v) is 2.73. The van der Waals surface area contributed by atoms with Gasteiger partial charge in [0.1, 0.15) is 5.82 Å². The summed E-state index contributed by atoms with van der Waals surface area (Å²) >= 11 is 4.87. The first-order valence-corrected chi connectivity index (χ1v) is 5.78. The van der Waals surface area contributed by atoms with Gasteiger partial charge in [0.2, 0.25) is 5.91 Å². The Hall–Kier alpha value is -1.50. The number of nitrogens with one attached hydrogen (secondary N) is 1. The molecule has 0 radical (unpaired) electrons. The molecule has 3 N–H and O–H groups in total. The van der Waals surface area contributed by atoms with Crippen molar-refractivity contribution >= 4 is 23.1 Å². The first kappa shape index (κ1) is 13.6. The lowest BCUT2D eigenvalue weighted by atomic mass is 10.1. The normalized spacial score (nSPS) is 12.2. The second-order valence-corrected chi connectivity index (χ2v) is 4.37. The number of carbonyl (C=O) groups excluding carboxylic acids is 1. The lowest BCUT2D eigenvalue weighted by Crippen LogP contribution is -2.38. The monoisotopic (exact) mass is 255 g/mol. The fourth-order valence-corrected chi connectivity index (χ4v) is 1.78. The molecular formula is C10H17N5OS. The maximum atomic E-state index is 12.0. The average Bonchev–Trinajstić information content (AvgIpc) is 2.64. The molecule has 94 valence electrons. The highest BCUT2D eigenvalue weighted by molar-refractivity contribution is 7.80. The summed E-state index contributed by atoms with van der Waals surface area (Å²) in [5, 5.41) is 6.70. The van der Waals surface area contributed by atoms with Gasteiger partial charge in [-0.3, -0.25) is 9.89 Å². The Balaban J connectivity index is 2.66. The smallest absolute Gasteiger partial charge is 0.232 e. The number of amides is 1. The molecule has 1 atom stereocenters. The second-order valence-electron chi connectivity index (χ2n) is 3.89. The molecular weight excluding hydrogens is 238 g/mol. The summed E-state index contributed by atoms with van der Waals surface area (Å²) in [6.45, 7) is 4.04. The highest BCUT2D eigenvalue weighted by Crippen LogP contribution is 2.09. The first-order valence-electron chi connectivity index (χ1n) is 5.37. The van der Waals surface area contributed by atoms with E-state index >= 15 is 0 Å². The molecule has 0 aliphatic heterocycles. The molecule has 0 fully saturated rings. The summed E-state index contributed by atoms with van der Waals surface area (Å²) in [6.07, 6.45) is 0.603. The Morgan fingerprint density at radius 2 is 2.29 bits per heavy atom. The van der Waals surface area contributed by atoms with Crippen LogP contribution < -0.4 is 5.73 Å². The SMILES string of the molecule is CCC(C(=O)N(C)Cc1n[nH]c(C)n1)C(N)=S. The molecule has 0 saturated heterocycles. The van der Waals surface area contributed by atoms with Gasteiger partial charge >= 0.3 is 0 Å². The summed E-state index contributed by atoms with van der Waals surface area (Å²) in [6, 6.07) is 0. The molecule has 1 aromatic heterocycles. The fourth-order valence-electron chi connectivity index (χ4n) is 1.51. The number of rotatable bonds is 5. The number of hydrogen-bond donors (Lipinski definition) is 2. The van der Waals surface area contributed by atoms with Crippen molar-refractivity contribution in [1.82, 2.24) is 20.1 Å². The van der Waals surface area contributed by atoms with E-state index < -0.39 is 5.92 Å². The highest BCUT2D eigenvalue weighted by Gasteiger charge is 2.23. The number of nitrogens with zero attached hydrogens (tertiary/aromatic N) is 3. The summed E-state index contributed by atoms with van der Waals surface area (Å²) in [5.74, 6) is 0.802. The van der Waals surface area contributed by atoms with Crippen molar-refractivity contribution in [3.05, 3.63) is 11.6 Å². The Bertz CT molecular complexity index is 417. The highest BCUT2D eigenvalue weighted by atomic mass is 32.1. The van der Waals surface area contributed by atoms with Crippen molar-refractivity contribution in [3.8, 4) is 0 Å². The maximum Gasteiger partial charge on any atom is 0.232 e. The van der Waals surface area contributed by atoms with Crippen LogP contribution in [0.2, 0.25) is 0 Å². The van der Waals surface area contributed by atoms with Gasteiger partial charge < -0.3 is 10.6 Å². The summed E-state index contributed by atoms with van der Waals surface area (Å²) in [4.78, 5) is 17.9. The van der Waals surface area contributed by atoms with Crippen LogP contribution in [0, 0.1) is 12.8 Å². The summed E-state index contributed by atoms with van der Waals surface area (Å²) in [7, 11) is 1.69. The minimum absolute atomic E-state index is 0.0950. The van der Waals surface area contributed by atoms with Gasteiger partial charge in [0.25, 0.3) is 0 Å². The van der Waals surface area contributed by atoms with Gasteiger partial charge in [-0.25, -0.2) is 4.98 Å². The van der Waals surface area contributed by atoms with Crippen LogP contribution in [0.5, 0.6) is 0 Å². The molecule has 0 bridgehead atoms. The van der Waals surface area contributed by atoms with Crippen LogP contribution in [0.4, 0.5) is 0 Å². The first-order chi connectivity index (χ1) is 7.95. The summed E-state index contributed by atoms with van der Waals surface area (Å²) in [5.41, 5.74) is 5.53. The zero-order chi connectivity index (χ0) is 13.0. The van der Waals surface area contributed by atoms with Crippen LogP contribution in [0.3, 0.4) is 0 Å². The van der Waals surface area contributed by atoms with Gasteiger partial charge in [-0.2, -0.15) is 5.10 Å². The van der Waals surface area contributed by atoms with Gasteiger partial charge in [-0.1, -0.05) is 19.1 Å². The standard InChI is InChI=1S/C10H17N5OS/c1-4-7(9(11)17)10(16)15(3)5-8-12-6(2)13-14-8/h7H,4-5H2,1-3H3,(H2,11,17)(H,12,13,14). The third-order valence-electron chi connectivity index (χ3n) is 2.45. The molecule has 17 heavy (non-hydrogen) atoms. The lowest BCUT2D eigenvalue weighted by Gasteiger charge is -2.20. The topological polar surface area (TPSA) is 87.9 Å². The van der Waals surface area contributed by atoms with Crippen molar-refractivity contribution in [3.63, 3.8) is 0 Å². The molecule has 1 rings (SSSR count). The number of nitrogens with two attached hydrogens (primary N) is 1. The number of aryl methyl sites for hydroxylation is 1. The van der Waals surface area contributed by atoms with Gasteiger partial charge in [-0.15, -0.1) is 0 Å². The van der Waals surface area contributed by atoms with Gasteiger partial charge in [0.05, 0.1) is 17.5 Å². The van der Waals surface area contributed by atoms with Crippen molar-refractivity contribution in [2.24, 2.45) is 11.7 Å². The van der Waals surface area contributed by atoms with E-state index in [-0.39, 0.29) is 10.9 Å². The molecule has 6 nitrogen and oxygen atoms in total. The van der Waals surface area contributed by atoms with Gasteiger partial charge in [-0.05, 0) is 13.3 Å². The molecule has 0 aliphatic rings. The predicted molar refractivity (Wildman–Crippen MR) is 68.2 cm³/mol. The van der Waals surface area contributed by atoms with E-state index in [4.69, 9.17) is 18.0 Å². The molecule has 1 amide bonds. The van der Waals surface area contributed by atoms with E-state index in [1.807, 2.05) is 13.8 Å². The number of aromatic amines is 1. The maximum absolute atomic E-state index is 12.0. The van der Waals surface area contributed by atoms with Crippen LogP contribution in [-0.2, 0) is 11.3 Å². The molecule has 7 heteroatoms. The van der Waals surface area contributed by atoms with E-state index in [0.717, 1.165) is 5.82 Å². The van der Waals surface area contributed by atoms with Crippen LogP contribution in [0.15, 0.2) is 0 Å². The largest absolute Gasteiger partial charge is 0.393 e. The number of aromatic nitrogens is 3. The minimum Gasteiger partial charge on any atom is -0.393 e. The van der Waals surface area contributed by atoms with Gasteiger partial charge in [0, 0.05) is 7.05 Å². The lowest BCUT2D eigenvalue weighted by molar-refractivity contribution is -0.132. The van der Waals surface area contributed by atoms with Crippen molar-refractivity contribution in [2.45, 2.75) is 26.8 Å². The quantitative estimate of drug-likeness (QED) is 0.743. The molecule has 1 heterocycles. The second kappa shape index (κ2) is 5.72. The van der Waals surface area contributed by atoms with Crippen molar-refractivity contribution in [1.29, 1.82) is 0 Å². The Morgan fingerprint density at radius 3 is 2.71 bits per heavy atom. The number of thiocarbonyl (C=S) groups is 1. The fraction of sp³-hybridized carbons (Fsp3) is 0.600. The Morgan fingerprint density at radius 1 is 1.65 bits per heavy atom. The zero-order valence-electron chi connectivity index (χ0n) is 10.2. The van der Waals surface area contributed by atoms with Crippen LogP contribution >= 0.6 is 12.2 Å². The van der Waals surface area contributed by atoms with E-state index in [1.165, 1.54) is 4.90 Å². The molecule has 1 unspecified atom stereocenters. The van der Waals surface area contributed by atoms with Crippen LogP contribution in [-0.4, -0.2) is 38.0 Å². The number of H-pyrrole nitrogens is 1. The third kappa shape index (κ3) is 3.48. The van der Waals surface area contributed by atoms with Crippen molar-refractivity contribution < 1.29 is 4.79 Å². The molecule has 1 aromatic rings. The van der Waals surface area contributed by atoms with E-state index in [9.17, 15) is 4.79 Å². The number of hydrogen-bond acceptors (Lipinski definition) is 4. The van der Waals surface area contributed by atoms with E-state index in [0.29, 0.717) is 18.8 Å². The van der Waals surface area contributed by atoms with Crippen molar-refractivity contribution in [2.75, 3.05) is 7.05 Å². The Kier molecular flexibility index (Phi) is 4.56. The average molecular weight is 255 g/mol.